The van der Waals surface area contributed by atoms with E-state index in [-0.39, 0.29) is 0 Å². The van der Waals surface area contributed by atoms with Gasteiger partial charge in [-0.3, -0.25) is 9.59 Å². The molecular formula is C12H8O2S. The van der Waals surface area contributed by atoms with Crippen LogP contribution in [0.25, 0.3) is 11.1 Å². The minimum absolute atomic E-state index is 0.333. The second-order valence-electron chi connectivity index (χ2n) is 3.07. The Labute approximate surface area is 91.2 Å². The maximum absolute atomic E-state index is 11.0. The number of carbonyl (C=O) groups excluding carboxylic acids is 2. The molecule has 1 aromatic carbocycles. The molecule has 2 rings (SSSR count). The second-order valence-corrected chi connectivity index (χ2v) is 3.85. The van der Waals surface area contributed by atoms with Crippen LogP contribution in [0.4, 0.5) is 0 Å². The van der Waals surface area contributed by atoms with Gasteiger partial charge in [0.15, 0.2) is 6.29 Å². The predicted molar refractivity (Wildman–Crippen MR) is 60.1 cm³/mol. The Balaban J connectivity index is 2.32. The van der Waals surface area contributed by atoms with E-state index in [9.17, 15) is 9.59 Å². The van der Waals surface area contributed by atoms with Crippen LogP contribution >= 0.6 is 11.3 Å². The Morgan fingerprint density at radius 2 is 1.80 bits per heavy atom. The maximum Gasteiger partial charge on any atom is 0.225 e. The molecular weight excluding hydrogens is 208 g/mol. The molecule has 0 fully saturated rings. The fourth-order valence-electron chi connectivity index (χ4n) is 1.32. The van der Waals surface area contributed by atoms with E-state index in [1.54, 1.807) is 23.5 Å². The van der Waals surface area contributed by atoms with E-state index in [1.165, 1.54) is 0 Å². The molecule has 0 amide bonds. The molecule has 0 bridgehead atoms. The fraction of sp³-hybridized carbons (Fsp3) is 0. The Kier molecular flexibility index (Phi) is 2.74. The van der Waals surface area contributed by atoms with Crippen LogP contribution in [0.2, 0.25) is 0 Å². The largest absolute Gasteiger partial charge is 0.294 e. The third-order valence-corrected chi connectivity index (χ3v) is 2.81. The van der Waals surface area contributed by atoms with Gasteiger partial charge in [-0.25, -0.2) is 0 Å². The van der Waals surface area contributed by atoms with E-state index in [1.807, 2.05) is 29.0 Å². The summed E-state index contributed by atoms with van der Waals surface area (Å²) < 4.78 is 0. The van der Waals surface area contributed by atoms with E-state index >= 15 is 0 Å². The van der Waals surface area contributed by atoms with Crippen molar-refractivity contribution in [1.29, 1.82) is 0 Å². The van der Waals surface area contributed by atoms with Gasteiger partial charge in [-0.05, 0) is 28.0 Å². The molecule has 0 atom stereocenters. The van der Waals surface area contributed by atoms with Gasteiger partial charge in [0.2, 0.25) is 5.78 Å². The number of hydrogen-bond acceptors (Lipinski definition) is 3. The summed E-state index contributed by atoms with van der Waals surface area (Å²) in [5, 5.41) is 4.04. The molecule has 2 aromatic rings. The first-order valence-corrected chi connectivity index (χ1v) is 5.37. The van der Waals surface area contributed by atoms with E-state index in [4.69, 9.17) is 0 Å². The summed E-state index contributed by atoms with van der Waals surface area (Å²) in [4.78, 5) is 21.3. The average Bonchev–Trinajstić information content (AvgIpc) is 2.82. The van der Waals surface area contributed by atoms with Crippen molar-refractivity contribution >= 4 is 23.4 Å². The zero-order chi connectivity index (χ0) is 10.7. The first-order chi connectivity index (χ1) is 7.31. The van der Waals surface area contributed by atoms with Crippen molar-refractivity contribution in [1.82, 2.24) is 0 Å². The molecule has 0 N–H and O–H groups in total. The number of Topliss-reactive ketones (excluding diaryl/α,β-unsaturated/α-hetero) is 1. The predicted octanol–water partition coefficient (Wildman–Crippen LogP) is 2.80. The van der Waals surface area contributed by atoms with Crippen LogP contribution in [0.3, 0.4) is 0 Å². The summed E-state index contributed by atoms with van der Waals surface area (Å²) in [5.74, 6) is -0.480. The van der Waals surface area contributed by atoms with E-state index in [0.717, 1.165) is 11.1 Å². The number of hydrogen-bond donors (Lipinski definition) is 0. The summed E-state index contributed by atoms with van der Waals surface area (Å²) in [6.45, 7) is 0. The van der Waals surface area contributed by atoms with Crippen LogP contribution in [-0.4, -0.2) is 12.1 Å². The number of benzene rings is 1. The lowest BCUT2D eigenvalue weighted by molar-refractivity contribution is -0.104. The number of aldehydes is 1. The van der Waals surface area contributed by atoms with Gasteiger partial charge in [0.05, 0.1) is 0 Å². The molecule has 1 aromatic heterocycles. The lowest BCUT2D eigenvalue weighted by atomic mass is 10.1. The van der Waals surface area contributed by atoms with Gasteiger partial charge in [0.1, 0.15) is 0 Å². The normalized spacial score (nSPS) is 9.87. The second kappa shape index (κ2) is 4.19. The molecule has 74 valence electrons. The monoisotopic (exact) mass is 216 g/mol. The molecule has 0 saturated heterocycles. The molecule has 0 aliphatic heterocycles. The highest BCUT2D eigenvalue weighted by molar-refractivity contribution is 7.08. The third-order valence-electron chi connectivity index (χ3n) is 2.13. The van der Waals surface area contributed by atoms with Gasteiger partial charge in [0.25, 0.3) is 0 Å². The molecule has 0 aliphatic rings. The molecule has 0 spiro atoms. The molecule has 0 radical (unpaired) electrons. The summed E-state index contributed by atoms with van der Waals surface area (Å²) in [5.41, 5.74) is 2.62. The zero-order valence-corrected chi connectivity index (χ0v) is 8.66. The van der Waals surface area contributed by atoms with Gasteiger partial charge in [0, 0.05) is 5.56 Å². The standard InChI is InChI=1S/C12H8O2S/c13-7-12(14)10-3-1-9(2-4-10)11-5-6-15-8-11/h1-8H. The first kappa shape index (κ1) is 9.80. The van der Waals surface area contributed by atoms with Crippen molar-refractivity contribution in [3.8, 4) is 11.1 Å². The number of ketones is 1. The molecule has 0 saturated carbocycles. The Bertz CT molecular complexity index is 469. The highest BCUT2D eigenvalue weighted by atomic mass is 32.1. The number of carbonyl (C=O) groups is 2. The topological polar surface area (TPSA) is 34.1 Å². The summed E-state index contributed by atoms with van der Waals surface area (Å²) in [6, 6.07) is 9.05. The smallest absolute Gasteiger partial charge is 0.225 e. The van der Waals surface area contributed by atoms with Crippen LogP contribution in [0.15, 0.2) is 41.1 Å². The molecule has 0 unspecified atom stereocenters. The highest BCUT2D eigenvalue weighted by Gasteiger charge is 2.04. The van der Waals surface area contributed by atoms with Crippen molar-refractivity contribution in [2.24, 2.45) is 0 Å². The van der Waals surface area contributed by atoms with E-state index < -0.39 is 5.78 Å². The lowest BCUT2D eigenvalue weighted by Gasteiger charge is -1.98. The van der Waals surface area contributed by atoms with Gasteiger partial charge >= 0.3 is 0 Å². The fourth-order valence-corrected chi connectivity index (χ4v) is 1.99. The molecule has 3 heteroatoms. The van der Waals surface area contributed by atoms with Crippen LogP contribution < -0.4 is 0 Å². The quantitative estimate of drug-likeness (QED) is 0.449. The van der Waals surface area contributed by atoms with Gasteiger partial charge in [-0.2, -0.15) is 11.3 Å². The van der Waals surface area contributed by atoms with Crippen LogP contribution in [-0.2, 0) is 4.79 Å². The van der Waals surface area contributed by atoms with Crippen molar-refractivity contribution in [2.45, 2.75) is 0 Å². The van der Waals surface area contributed by atoms with Gasteiger partial charge in [-0.15, -0.1) is 0 Å². The first-order valence-electron chi connectivity index (χ1n) is 4.43. The third kappa shape index (κ3) is 2.02. The summed E-state index contributed by atoms with van der Waals surface area (Å²) in [6.07, 6.45) is 0.333. The van der Waals surface area contributed by atoms with Crippen molar-refractivity contribution < 1.29 is 9.59 Å². The Hall–Kier alpha value is -1.74. The van der Waals surface area contributed by atoms with Crippen molar-refractivity contribution in [2.75, 3.05) is 0 Å². The number of thiophene rings is 1. The average molecular weight is 216 g/mol. The van der Waals surface area contributed by atoms with Crippen LogP contribution in [0.1, 0.15) is 10.4 Å². The zero-order valence-electron chi connectivity index (χ0n) is 7.84. The molecule has 15 heavy (non-hydrogen) atoms. The van der Waals surface area contributed by atoms with E-state index in [2.05, 4.69) is 0 Å². The maximum atomic E-state index is 11.0. The van der Waals surface area contributed by atoms with Crippen LogP contribution in [0.5, 0.6) is 0 Å². The highest BCUT2D eigenvalue weighted by Crippen LogP contribution is 2.22. The van der Waals surface area contributed by atoms with Gasteiger partial charge in [-0.1, -0.05) is 24.3 Å². The minimum Gasteiger partial charge on any atom is -0.294 e. The lowest BCUT2D eigenvalue weighted by Crippen LogP contribution is -1.98. The molecule has 1 heterocycles. The minimum atomic E-state index is -0.480. The molecule has 2 nitrogen and oxygen atoms in total. The Morgan fingerprint density at radius 1 is 1.07 bits per heavy atom. The van der Waals surface area contributed by atoms with Crippen molar-refractivity contribution in [3.05, 3.63) is 46.7 Å². The van der Waals surface area contributed by atoms with Gasteiger partial charge < -0.3 is 0 Å². The Morgan fingerprint density at radius 3 is 2.33 bits per heavy atom. The molecule has 0 aliphatic carbocycles. The number of rotatable bonds is 3. The summed E-state index contributed by atoms with van der Waals surface area (Å²) in [7, 11) is 0. The van der Waals surface area contributed by atoms with E-state index in [0.29, 0.717) is 11.8 Å². The van der Waals surface area contributed by atoms with Crippen molar-refractivity contribution in [3.63, 3.8) is 0 Å². The SMILES string of the molecule is O=CC(=O)c1ccc(-c2ccsc2)cc1. The van der Waals surface area contributed by atoms with Crippen LogP contribution in [0, 0.1) is 0 Å². The summed E-state index contributed by atoms with van der Waals surface area (Å²) >= 11 is 1.63.